The maximum atomic E-state index is 12.2. The first-order valence-corrected chi connectivity index (χ1v) is 6.41. The topological polar surface area (TPSA) is 38.3 Å². The van der Waals surface area contributed by atoms with E-state index in [1.807, 2.05) is 39.8 Å². The molecule has 1 aromatic rings. The van der Waals surface area contributed by atoms with E-state index in [-0.39, 0.29) is 11.8 Å². The summed E-state index contributed by atoms with van der Waals surface area (Å²) in [6.45, 7) is 8.88. The maximum Gasteiger partial charge on any atom is 0.164 e. The Balaban J connectivity index is 2.89. The fourth-order valence-electron chi connectivity index (χ4n) is 2.12. The number of ether oxygens (including phenoxy) is 1. The molecule has 1 unspecified atom stereocenters. The summed E-state index contributed by atoms with van der Waals surface area (Å²) in [6, 6.07) is 4.07. The molecule has 0 radical (unpaired) electrons. The standard InChI is InChI=1S/C15H23NO2/c1-6-16-12(4)9-14(17)13-7-11(3)15(18-5)8-10(13)2/h7-8,12,16H,6,9H2,1-5H3. The van der Waals surface area contributed by atoms with E-state index in [0.717, 1.165) is 29.0 Å². The Hall–Kier alpha value is -1.35. The average Bonchev–Trinajstić information content (AvgIpc) is 2.31. The van der Waals surface area contributed by atoms with Crippen LogP contribution < -0.4 is 10.1 Å². The van der Waals surface area contributed by atoms with Crippen molar-refractivity contribution in [3.8, 4) is 5.75 Å². The van der Waals surface area contributed by atoms with Crippen LogP contribution >= 0.6 is 0 Å². The number of ketones is 1. The number of methoxy groups -OCH3 is 1. The van der Waals surface area contributed by atoms with Gasteiger partial charge in [-0.05, 0) is 50.6 Å². The molecule has 0 aliphatic heterocycles. The normalized spacial score (nSPS) is 12.3. The van der Waals surface area contributed by atoms with E-state index >= 15 is 0 Å². The lowest BCUT2D eigenvalue weighted by Crippen LogP contribution is -2.28. The number of hydrogen-bond donors (Lipinski definition) is 1. The van der Waals surface area contributed by atoms with Gasteiger partial charge >= 0.3 is 0 Å². The molecule has 100 valence electrons. The Bertz CT molecular complexity index is 427. The lowest BCUT2D eigenvalue weighted by molar-refractivity contribution is 0.0971. The van der Waals surface area contributed by atoms with E-state index in [4.69, 9.17) is 4.74 Å². The zero-order valence-electron chi connectivity index (χ0n) is 12.0. The Kier molecular flexibility index (Phi) is 5.35. The highest BCUT2D eigenvalue weighted by molar-refractivity contribution is 5.98. The van der Waals surface area contributed by atoms with Crippen LogP contribution in [-0.2, 0) is 0 Å². The predicted molar refractivity (Wildman–Crippen MR) is 74.6 cm³/mol. The molecule has 0 saturated heterocycles. The van der Waals surface area contributed by atoms with Gasteiger partial charge in [0.1, 0.15) is 5.75 Å². The smallest absolute Gasteiger partial charge is 0.164 e. The van der Waals surface area contributed by atoms with Crippen molar-refractivity contribution in [3.63, 3.8) is 0 Å². The number of Topliss-reactive ketones (excluding diaryl/α,β-unsaturated/α-hetero) is 1. The van der Waals surface area contributed by atoms with Crippen molar-refractivity contribution < 1.29 is 9.53 Å². The van der Waals surface area contributed by atoms with Gasteiger partial charge in [-0.1, -0.05) is 6.92 Å². The number of rotatable bonds is 6. The van der Waals surface area contributed by atoms with Crippen molar-refractivity contribution >= 4 is 5.78 Å². The van der Waals surface area contributed by atoms with Crippen LogP contribution in [0.2, 0.25) is 0 Å². The third kappa shape index (κ3) is 3.57. The first-order chi connectivity index (χ1) is 8.49. The number of carbonyl (C=O) groups excluding carboxylic acids is 1. The number of benzene rings is 1. The van der Waals surface area contributed by atoms with E-state index in [9.17, 15) is 4.79 Å². The highest BCUT2D eigenvalue weighted by Crippen LogP contribution is 2.23. The lowest BCUT2D eigenvalue weighted by Gasteiger charge is -2.14. The summed E-state index contributed by atoms with van der Waals surface area (Å²) < 4.78 is 5.26. The monoisotopic (exact) mass is 249 g/mol. The summed E-state index contributed by atoms with van der Waals surface area (Å²) in [5.41, 5.74) is 2.78. The summed E-state index contributed by atoms with van der Waals surface area (Å²) in [7, 11) is 1.65. The van der Waals surface area contributed by atoms with Crippen molar-refractivity contribution in [1.82, 2.24) is 5.32 Å². The minimum atomic E-state index is 0.187. The Morgan fingerprint density at radius 2 is 2.00 bits per heavy atom. The average molecular weight is 249 g/mol. The van der Waals surface area contributed by atoms with Crippen LogP contribution in [0.3, 0.4) is 0 Å². The van der Waals surface area contributed by atoms with Gasteiger partial charge in [-0.3, -0.25) is 4.79 Å². The molecule has 0 aliphatic rings. The molecular formula is C15H23NO2. The Morgan fingerprint density at radius 3 is 2.56 bits per heavy atom. The largest absolute Gasteiger partial charge is 0.496 e. The first-order valence-electron chi connectivity index (χ1n) is 6.41. The van der Waals surface area contributed by atoms with Crippen molar-refractivity contribution in [3.05, 3.63) is 28.8 Å². The highest BCUT2D eigenvalue weighted by Gasteiger charge is 2.14. The maximum absolute atomic E-state index is 12.2. The number of carbonyl (C=O) groups is 1. The summed E-state index contributed by atoms with van der Waals surface area (Å²) in [5, 5.41) is 3.26. The number of aryl methyl sites for hydroxylation is 2. The quantitative estimate of drug-likeness (QED) is 0.788. The molecule has 1 rings (SSSR count). The molecule has 0 fully saturated rings. The molecule has 3 nitrogen and oxygen atoms in total. The summed E-state index contributed by atoms with van der Waals surface area (Å²) >= 11 is 0. The molecular weight excluding hydrogens is 226 g/mol. The molecule has 0 amide bonds. The molecule has 0 aliphatic carbocycles. The van der Waals surface area contributed by atoms with E-state index in [1.165, 1.54) is 0 Å². The van der Waals surface area contributed by atoms with Crippen LogP contribution in [0.1, 0.15) is 41.8 Å². The van der Waals surface area contributed by atoms with Gasteiger partial charge in [0, 0.05) is 18.0 Å². The molecule has 0 saturated carbocycles. The van der Waals surface area contributed by atoms with E-state index < -0.39 is 0 Å². The van der Waals surface area contributed by atoms with Gasteiger partial charge in [0.25, 0.3) is 0 Å². The second kappa shape index (κ2) is 6.55. The van der Waals surface area contributed by atoms with E-state index in [1.54, 1.807) is 7.11 Å². The van der Waals surface area contributed by atoms with Gasteiger partial charge in [0.05, 0.1) is 7.11 Å². The molecule has 1 aromatic carbocycles. The third-order valence-corrected chi connectivity index (χ3v) is 3.09. The Morgan fingerprint density at radius 1 is 1.33 bits per heavy atom. The van der Waals surface area contributed by atoms with Crippen LogP contribution in [0, 0.1) is 13.8 Å². The van der Waals surface area contributed by atoms with Crippen molar-refractivity contribution in [2.24, 2.45) is 0 Å². The van der Waals surface area contributed by atoms with Crippen LogP contribution in [-0.4, -0.2) is 25.5 Å². The van der Waals surface area contributed by atoms with Gasteiger partial charge in [-0.15, -0.1) is 0 Å². The first kappa shape index (κ1) is 14.7. The molecule has 0 bridgehead atoms. The number of nitrogens with one attached hydrogen (secondary N) is 1. The second-order valence-corrected chi connectivity index (χ2v) is 4.72. The third-order valence-electron chi connectivity index (χ3n) is 3.09. The van der Waals surface area contributed by atoms with Gasteiger partial charge in [-0.2, -0.15) is 0 Å². The SMILES string of the molecule is CCNC(C)CC(=O)c1cc(C)c(OC)cc1C. The highest BCUT2D eigenvalue weighted by atomic mass is 16.5. The Labute approximate surface area is 110 Å². The van der Waals surface area contributed by atoms with Gasteiger partial charge in [0.15, 0.2) is 5.78 Å². The predicted octanol–water partition coefficient (Wildman–Crippen LogP) is 2.88. The zero-order chi connectivity index (χ0) is 13.7. The van der Waals surface area contributed by atoms with Gasteiger partial charge < -0.3 is 10.1 Å². The molecule has 0 spiro atoms. The fraction of sp³-hybridized carbons (Fsp3) is 0.533. The summed E-state index contributed by atoms with van der Waals surface area (Å²) in [6.07, 6.45) is 0.528. The summed E-state index contributed by atoms with van der Waals surface area (Å²) in [4.78, 5) is 12.2. The number of hydrogen-bond acceptors (Lipinski definition) is 3. The lowest BCUT2D eigenvalue weighted by atomic mass is 9.97. The van der Waals surface area contributed by atoms with E-state index in [2.05, 4.69) is 5.32 Å². The van der Waals surface area contributed by atoms with Crippen LogP contribution in [0.25, 0.3) is 0 Å². The van der Waals surface area contributed by atoms with Gasteiger partial charge in [0.2, 0.25) is 0 Å². The van der Waals surface area contributed by atoms with Crippen molar-refractivity contribution in [2.45, 2.75) is 40.2 Å². The molecule has 1 atom stereocenters. The second-order valence-electron chi connectivity index (χ2n) is 4.72. The molecule has 3 heteroatoms. The minimum Gasteiger partial charge on any atom is -0.496 e. The molecule has 0 aromatic heterocycles. The fourth-order valence-corrected chi connectivity index (χ4v) is 2.12. The molecule has 1 N–H and O–H groups in total. The van der Waals surface area contributed by atoms with Crippen LogP contribution in [0.5, 0.6) is 5.75 Å². The summed E-state index contributed by atoms with van der Waals surface area (Å²) in [5.74, 6) is 1.02. The van der Waals surface area contributed by atoms with Crippen molar-refractivity contribution in [1.29, 1.82) is 0 Å². The minimum absolute atomic E-state index is 0.187. The molecule has 0 heterocycles. The van der Waals surface area contributed by atoms with Crippen molar-refractivity contribution in [2.75, 3.05) is 13.7 Å². The van der Waals surface area contributed by atoms with E-state index in [0.29, 0.717) is 6.42 Å². The van der Waals surface area contributed by atoms with Crippen LogP contribution in [0.4, 0.5) is 0 Å². The van der Waals surface area contributed by atoms with Crippen LogP contribution in [0.15, 0.2) is 12.1 Å². The zero-order valence-corrected chi connectivity index (χ0v) is 12.0. The molecule has 18 heavy (non-hydrogen) atoms. The van der Waals surface area contributed by atoms with Gasteiger partial charge in [-0.25, -0.2) is 0 Å².